The molecule has 0 unspecified atom stereocenters. The molecule has 0 saturated carbocycles. The molecule has 2 aromatic carbocycles. The Morgan fingerprint density at radius 3 is 2.46 bits per heavy atom. The number of ether oxygens (including phenoxy) is 1. The van der Waals surface area contributed by atoms with Gasteiger partial charge in [-0.3, -0.25) is 4.79 Å². The molecule has 0 radical (unpaired) electrons. The molecule has 3 nitrogen and oxygen atoms in total. The van der Waals surface area contributed by atoms with Gasteiger partial charge >= 0.3 is 0 Å². The number of likely N-dealkylation sites (tertiary alicyclic amines) is 1. The summed E-state index contributed by atoms with van der Waals surface area (Å²) in [6.07, 6.45) is 2.04. The topological polar surface area (TPSA) is 29.5 Å². The van der Waals surface area contributed by atoms with Crippen LogP contribution in [0.2, 0.25) is 5.02 Å². The number of carbonyl (C=O) groups excluding carboxylic acids is 1. The number of thioether (sulfide) groups is 1. The summed E-state index contributed by atoms with van der Waals surface area (Å²) < 4.78 is 5.85. The smallest absolute Gasteiger partial charge is 0.232 e. The zero-order valence-corrected chi connectivity index (χ0v) is 16.3. The fourth-order valence-electron chi connectivity index (χ4n) is 3.03. The lowest BCUT2D eigenvalue weighted by Gasteiger charge is -2.32. The van der Waals surface area contributed by atoms with Gasteiger partial charge in [-0.15, -0.1) is 11.8 Å². The maximum atomic E-state index is 12.4. The zero-order chi connectivity index (χ0) is 18.2. The molecule has 1 aliphatic heterocycles. The summed E-state index contributed by atoms with van der Waals surface area (Å²) in [4.78, 5) is 15.5. The maximum absolute atomic E-state index is 12.4. The summed E-state index contributed by atoms with van der Waals surface area (Å²) in [5, 5.41) is 0.720. The van der Waals surface area contributed by atoms with E-state index in [0.29, 0.717) is 18.3 Å². The first-order chi connectivity index (χ1) is 12.7. The monoisotopic (exact) mass is 389 g/mol. The highest BCUT2D eigenvalue weighted by molar-refractivity contribution is 8.00. The molecule has 138 valence electrons. The summed E-state index contributed by atoms with van der Waals surface area (Å²) in [6, 6.07) is 17.9. The van der Waals surface area contributed by atoms with E-state index in [2.05, 4.69) is 12.1 Å². The lowest BCUT2D eigenvalue weighted by atomic mass is 9.98. The van der Waals surface area contributed by atoms with Gasteiger partial charge in [0.1, 0.15) is 0 Å². The first-order valence-electron chi connectivity index (χ1n) is 8.98. The van der Waals surface area contributed by atoms with Crippen molar-refractivity contribution in [2.75, 3.05) is 25.4 Å². The second-order valence-electron chi connectivity index (χ2n) is 6.57. The van der Waals surface area contributed by atoms with Gasteiger partial charge in [-0.25, -0.2) is 0 Å². The van der Waals surface area contributed by atoms with E-state index in [-0.39, 0.29) is 5.91 Å². The van der Waals surface area contributed by atoms with Crippen LogP contribution in [0.5, 0.6) is 0 Å². The van der Waals surface area contributed by atoms with Crippen molar-refractivity contribution < 1.29 is 9.53 Å². The van der Waals surface area contributed by atoms with Crippen molar-refractivity contribution in [1.82, 2.24) is 4.90 Å². The van der Waals surface area contributed by atoms with Crippen molar-refractivity contribution >= 4 is 29.3 Å². The third kappa shape index (κ3) is 6.04. The summed E-state index contributed by atoms with van der Waals surface area (Å²) >= 11 is 7.45. The van der Waals surface area contributed by atoms with Gasteiger partial charge in [-0.05, 0) is 48.6 Å². The SMILES string of the molecule is O=C(CSc1ccc(Cl)cc1)N1CCC(COCc2ccccc2)CC1. The number of piperidine rings is 1. The first-order valence-corrected chi connectivity index (χ1v) is 10.3. The Balaban J connectivity index is 1.33. The van der Waals surface area contributed by atoms with Gasteiger partial charge in [-0.2, -0.15) is 0 Å². The summed E-state index contributed by atoms with van der Waals surface area (Å²) in [5.41, 5.74) is 1.21. The van der Waals surface area contributed by atoms with Gasteiger partial charge in [-0.1, -0.05) is 41.9 Å². The van der Waals surface area contributed by atoms with E-state index >= 15 is 0 Å². The van der Waals surface area contributed by atoms with E-state index in [1.165, 1.54) is 5.56 Å². The quantitative estimate of drug-likeness (QED) is 0.631. The van der Waals surface area contributed by atoms with E-state index in [4.69, 9.17) is 16.3 Å². The predicted molar refractivity (Wildman–Crippen MR) is 108 cm³/mol. The summed E-state index contributed by atoms with van der Waals surface area (Å²) in [7, 11) is 0. The van der Waals surface area contributed by atoms with Crippen LogP contribution in [0.15, 0.2) is 59.5 Å². The van der Waals surface area contributed by atoms with Gasteiger partial charge in [0.15, 0.2) is 0 Å². The molecular weight excluding hydrogens is 366 g/mol. The van der Waals surface area contributed by atoms with Crippen molar-refractivity contribution in [2.24, 2.45) is 5.92 Å². The average molecular weight is 390 g/mol. The lowest BCUT2D eigenvalue weighted by Crippen LogP contribution is -2.40. The van der Waals surface area contributed by atoms with Gasteiger partial charge in [0.05, 0.1) is 12.4 Å². The number of nitrogens with zero attached hydrogens (tertiary/aromatic N) is 1. The second kappa shape index (κ2) is 10.0. The number of benzene rings is 2. The molecule has 0 N–H and O–H groups in total. The number of hydrogen-bond acceptors (Lipinski definition) is 3. The molecule has 1 heterocycles. The average Bonchev–Trinajstić information content (AvgIpc) is 2.69. The van der Waals surface area contributed by atoms with Gasteiger partial charge in [0, 0.05) is 29.6 Å². The molecule has 0 bridgehead atoms. The van der Waals surface area contributed by atoms with Crippen LogP contribution in [0.4, 0.5) is 0 Å². The Morgan fingerprint density at radius 1 is 1.08 bits per heavy atom. The number of amides is 1. The molecule has 1 saturated heterocycles. The number of hydrogen-bond donors (Lipinski definition) is 0. The minimum Gasteiger partial charge on any atom is -0.376 e. The summed E-state index contributed by atoms with van der Waals surface area (Å²) in [5.74, 6) is 1.25. The molecule has 5 heteroatoms. The third-order valence-electron chi connectivity index (χ3n) is 4.61. The Morgan fingerprint density at radius 2 is 1.77 bits per heavy atom. The van der Waals surface area contributed by atoms with E-state index in [1.54, 1.807) is 11.8 Å². The van der Waals surface area contributed by atoms with E-state index in [1.807, 2.05) is 47.4 Å². The van der Waals surface area contributed by atoms with Crippen LogP contribution in [0.25, 0.3) is 0 Å². The zero-order valence-electron chi connectivity index (χ0n) is 14.8. The number of carbonyl (C=O) groups is 1. The molecule has 3 rings (SSSR count). The molecule has 1 aliphatic rings. The van der Waals surface area contributed by atoms with Crippen LogP contribution in [-0.4, -0.2) is 36.3 Å². The highest BCUT2D eigenvalue weighted by Gasteiger charge is 2.22. The Labute approximate surface area is 164 Å². The Bertz CT molecular complexity index is 685. The molecule has 1 fully saturated rings. The van der Waals surface area contributed by atoms with Crippen LogP contribution in [0.3, 0.4) is 0 Å². The first kappa shape index (κ1) is 19.3. The molecular formula is C21H24ClNO2S. The molecule has 1 amide bonds. The van der Waals surface area contributed by atoms with Gasteiger partial charge in [0.2, 0.25) is 5.91 Å². The molecule has 0 aromatic heterocycles. The molecule has 26 heavy (non-hydrogen) atoms. The number of rotatable bonds is 7. The molecule has 2 aromatic rings. The standard InChI is InChI=1S/C21H24ClNO2S/c22-19-6-8-20(9-7-19)26-16-21(24)23-12-10-18(11-13-23)15-25-14-17-4-2-1-3-5-17/h1-9,18H,10-16H2. The van der Waals surface area contributed by atoms with Crippen LogP contribution in [-0.2, 0) is 16.1 Å². The summed E-state index contributed by atoms with van der Waals surface area (Å²) in [6.45, 7) is 3.10. The largest absolute Gasteiger partial charge is 0.376 e. The van der Waals surface area contributed by atoms with Crippen LogP contribution < -0.4 is 0 Å². The Hall–Kier alpha value is -1.49. The second-order valence-corrected chi connectivity index (χ2v) is 8.05. The van der Waals surface area contributed by atoms with Crippen LogP contribution in [0, 0.1) is 5.92 Å². The number of halogens is 1. The van der Waals surface area contributed by atoms with E-state index in [0.717, 1.165) is 42.5 Å². The molecule has 0 aliphatic carbocycles. The fraction of sp³-hybridized carbons (Fsp3) is 0.381. The minimum absolute atomic E-state index is 0.216. The van der Waals surface area contributed by atoms with Crippen molar-refractivity contribution in [2.45, 2.75) is 24.3 Å². The molecule has 0 spiro atoms. The maximum Gasteiger partial charge on any atom is 0.232 e. The van der Waals surface area contributed by atoms with Crippen molar-refractivity contribution in [3.05, 3.63) is 65.2 Å². The van der Waals surface area contributed by atoms with Crippen molar-refractivity contribution in [3.8, 4) is 0 Å². The van der Waals surface area contributed by atoms with E-state index in [9.17, 15) is 4.79 Å². The third-order valence-corrected chi connectivity index (χ3v) is 5.86. The fourth-order valence-corrected chi connectivity index (χ4v) is 3.96. The highest BCUT2D eigenvalue weighted by atomic mass is 35.5. The van der Waals surface area contributed by atoms with Crippen LogP contribution in [0.1, 0.15) is 18.4 Å². The lowest BCUT2D eigenvalue weighted by molar-refractivity contribution is -0.130. The van der Waals surface area contributed by atoms with Crippen LogP contribution >= 0.6 is 23.4 Å². The normalized spacial score (nSPS) is 15.2. The Kier molecular flexibility index (Phi) is 7.42. The minimum atomic E-state index is 0.216. The van der Waals surface area contributed by atoms with Crippen molar-refractivity contribution in [1.29, 1.82) is 0 Å². The highest BCUT2D eigenvalue weighted by Crippen LogP contribution is 2.23. The molecule has 0 atom stereocenters. The van der Waals surface area contributed by atoms with Gasteiger partial charge in [0.25, 0.3) is 0 Å². The van der Waals surface area contributed by atoms with Gasteiger partial charge < -0.3 is 9.64 Å². The van der Waals surface area contributed by atoms with Crippen molar-refractivity contribution in [3.63, 3.8) is 0 Å². The predicted octanol–water partition coefficient (Wildman–Crippen LogP) is 4.89. The van der Waals surface area contributed by atoms with E-state index < -0.39 is 0 Å².